The smallest absolute Gasteiger partial charge is 0.291 e. The van der Waals surface area contributed by atoms with E-state index in [1.165, 1.54) is 6.92 Å². The van der Waals surface area contributed by atoms with E-state index in [9.17, 15) is 25.0 Å². The zero-order valence-electron chi connectivity index (χ0n) is 8.87. The standard InChI is InChI=1S/C8H14N2O5/c1-4-5(2)8(11)7(10(14)15)6(3)9(12)13/h5-7H,4H2,1-3H3. The molecule has 0 aromatic rings. The molecule has 0 heterocycles. The molecule has 0 saturated carbocycles. The first-order chi connectivity index (χ1) is 6.82. The number of rotatable bonds is 6. The van der Waals surface area contributed by atoms with Crippen LogP contribution in [0.15, 0.2) is 0 Å². The third-order valence-electron chi connectivity index (χ3n) is 2.41. The number of Topliss-reactive ketones (excluding diaryl/α,β-unsaturated/α-hetero) is 1. The van der Waals surface area contributed by atoms with Gasteiger partial charge >= 0.3 is 6.04 Å². The first-order valence-corrected chi connectivity index (χ1v) is 4.63. The normalized spacial score (nSPS) is 16.5. The maximum atomic E-state index is 11.5. The van der Waals surface area contributed by atoms with E-state index in [-0.39, 0.29) is 0 Å². The molecule has 0 saturated heterocycles. The molecule has 0 aromatic carbocycles. The molecule has 0 bridgehead atoms. The van der Waals surface area contributed by atoms with Crippen molar-refractivity contribution in [3.05, 3.63) is 20.2 Å². The van der Waals surface area contributed by atoms with E-state index in [4.69, 9.17) is 0 Å². The Morgan fingerprint density at radius 1 is 1.20 bits per heavy atom. The Morgan fingerprint density at radius 2 is 1.67 bits per heavy atom. The lowest BCUT2D eigenvalue weighted by Crippen LogP contribution is -2.45. The van der Waals surface area contributed by atoms with Crippen molar-refractivity contribution in [2.45, 2.75) is 39.3 Å². The lowest BCUT2D eigenvalue weighted by molar-refractivity contribution is -0.603. The highest BCUT2D eigenvalue weighted by atomic mass is 16.6. The lowest BCUT2D eigenvalue weighted by atomic mass is 9.94. The summed E-state index contributed by atoms with van der Waals surface area (Å²) in [5.74, 6) is -1.20. The highest BCUT2D eigenvalue weighted by Gasteiger charge is 2.44. The minimum Gasteiger partial charge on any atom is -0.291 e. The van der Waals surface area contributed by atoms with E-state index in [0.29, 0.717) is 6.42 Å². The Bertz CT molecular complexity index is 278. The summed E-state index contributed by atoms with van der Waals surface area (Å²) < 4.78 is 0. The number of ketones is 1. The Morgan fingerprint density at radius 3 is 1.93 bits per heavy atom. The minimum absolute atomic E-state index is 0.438. The van der Waals surface area contributed by atoms with Gasteiger partial charge in [-0.25, -0.2) is 0 Å². The van der Waals surface area contributed by atoms with Crippen LogP contribution in [0.25, 0.3) is 0 Å². The molecule has 7 nitrogen and oxygen atoms in total. The van der Waals surface area contributed by atoms with E-state index in [1.54, 1.807) is 6.92 Å². The van der Waals surface area contributed by atoms with Crippen LogP contribution in [0.2, 0.25) is 0 Å². The largest absolute Gasteiger partial charge is 0.335 e. The molecule has 0 amide bonds. The summed E-state index contributed by atoms with van der Waals surface area (Å²) >= 11 is 0. The van der Waals surface area contributed by atoms with Gasteiger partial charge in [-0.1, -0.05) is 13.8 Å². The Hall–Kier alpha value is -1.53. The molecule has 0 aliphatic rings. The van der Waals surface area contributed by atoms with Crippen molar-refractivity contribution < 1.29 is 14.6 Å². The first kappa shape index (κ1) is 13.5. The zero-order valence-corrected chi connectivity index (χ0v) is 8.87. The fourth-order valence-corrected chi connectivity index (χ4v) is 1.13. The fraction of sp³-hybridized carbons (Fsp3) is 0.875. The molecule has 3 atom stereocenters. The van der Waals surface area contributed by atoms with E-state index >= 15 is 0 Å². The van der Waals surface area contributed by atoms with Gasteiger partial charge in [0.1, 0.15) is 0 Å². The molecule has 0 rings (SSSR count). The average Bonchev–Trinajstić information content (AvgIpc) is 2.15. The fourth-order valence-electron chi connectivity index (χ4n) is 1.13. The molecule has 86 valence electrons. The summed E-state index contributed by atoms with van der Waals surface area (Å²) in [5, 5.41) is 21.0. The maximum absolute atomic E-state index is 11.5. The average molecular weight is 218 g/mol. The number of hydrogen-bond donors (Lipinski definition) is 0. The summed E-state index contributed by atoms with van der Waals surface area (Å²) in [6.07, 6.45) is 0.438. The number of carbonyl (C=O) groups is 1. The van der Waals surface area contributed by atoms with Gasteiger partial charge in [-0.2, -0.15) is 0 Å². The summed E-state index contributed by atoms with van der Waals surface area (Å²) in [4.78, 5) is 30.8. The molecule has 7 heteroatoms. The van der Waals surface area contributed by atoms with Gasteiger partial charge in [-0.05, 0) is 6.42 Å². The second kappa shape index (κ2) is 5.38. The van der Waals surface area contributed by atoms with Gasteiger partial charge in [0.05, 0.1) is 0 Å². The van der Waals surface area contributed by atoms with Crippen molar-refractivity contribution >= 4 is 5.78 Å². The quantitative estimate of drug-likeness (QED) is 0.486. The molecule has 0 aromatic heterocycles. The molecule has 0 aliphatic carbocycles. The van der Waals surface area contributed by atoms with Gasteiger partial charge in [0.2, 0.25) is 5.78 Å². The maximum Gasteiger partial charge on any atom is 0.335 e. The van der Waals surface area contributed by atoms with Gasteiger partial charge < -0.3 is 0 Å². The first-order valence-electron chi connectivity index (χ1n) is 4.63. The molecule has 0 spiro atoms. The van der Waals surface area contributed by atoms with Crippen LogP contribution >= 0.6 is 0 Å². The van der Waals surface area contributed by atoms with Gasteiger partial charge in [-0.15, -0.1) is 0 Å². The molecular formula is C8H14N2O5. The second-order valence-corrected chi connectivity index (χ2v) is 3.47. The van der Waals surface area contributed by atoms with E-state index in [1.807, 2.05) is 0 Å². The van der Waals surface area contributed by atoms with Gasteiger partial charge in [0.25, 0.3) is 6.04 Å². The van der Waals surface area contributed by atoms with Crippen LogP contribution in [0.3, 0.4) is 0 Å². The molecule has 0 fully saturated rings. The third kappa shape index (κ3) is 3.26. The molecule has 0 aliphatic heterocycles. The van der Waals surface area contributed by atoms with Crippen molar-refractivity contribution in [1.29, 1.82) is 0 Å². The Kier molecular flexibility index (Phi) is 4.83. The van der Waals surface area contributed by atoms with Gasteiger partial charge in [-0.3, -0.25) is 25.0 Å². The van der Waals surface area contributed by atoms with E-state index in [0.717, 1.165) is 6.92 Å². The Labute approximate surface area is 86.8 Å². The topological polar surface area (TPSA) is 103 Å². The van der Waals surface area contributed by atoms with Crippen LogP contribution in [-0.2, 0) is 4.79 Å². The number of hydrogen-bond acceptors (Lipinski definition) is 5. The minimum atomic E-state index is -1.74. The van der Waals surface area contributed by atoms with Crippen molar-refractivity contribution in [3.8, 4) is 0 Å². The SMILES string of the molecule is CCC(C)C(=O)C(C(C)[N+](=O)[O-])[N+](=O)[O-]. The summed E-state index contributed by atoms with van der Waals surface area (Å²) in [6, 6.07) is -3.23. The molecule has 0 N–H and O–H groups in total. The molecular weight excluding hydrogens is 204 g/mol. The van der Waals surface area contributed by atoms with Crippen LogP contribution in [0.1, 0.15) is 27.2 Å². The van der Waals surface area contributed by atoms with Crippen LogP contribution < -0.4 is 0 Å². The summed E-state index contributed by atoms with van der Waals surface area (Å²) in [7, 11) is 0. The zero-order chi connectivity index (χ0) is 12.2. The highest BCUT2D eigenvalue weighted by molar-refractivity contribution is 5.85. The van der Waals surface area contributed by atoms with Crippen LogP contribution in [-0.4, -0.2) is 27.7 Å². The van der Waals surface area contributed by atoms with E-state index in [2.05, 4.69) is 0 Å². The number of carbonyl (C=O) groups excluding carboxylic acids is 1. The predicted octanol–water partition coefficient (Wildman–Crippen LogP) is 0.912. The number of nitro groups is 2. The molecule has 15 heavy (non-hydrogen) atoms. The second-order valence-electron chi connectivity index (χ2n) is 3.47. The van der Waals surface area contributed by atoms with E-state index < -0.39 is 33.6 Å². The third-order valence-corrected chi connectivity index (χ3v) is 2.41. The lowest BCUT2D eigenvalue weighted by Gasteiger charge is -2.13. The van der Waals surface area contributed by atoms with Crippen LogP contribution in [0.4, 0.5) is 0 Å². The van der Waals surface area contributed by atoms with Crippen molar-refractivity contribution in [1.82, 2.24) is 0 Å². The number of nitrogens with zero attached hydrogens (tertiary/aromatic N) is 2. The van der Waals surface area contributed by atoms with Crippen molar-refractivity contribution in [3.63, 3.8) is 0 Å². The monoisotopic (exact) mass is 218 g/mol. The van der Waals surface area contributed by atoms with Crippen molar-refractivity contribution in [2.75, 3.05) is 0 Å². The Balaban J connectivity index is 4.90. The van der Waals surface area contributed by atoms with Crippen LogP contribution in [0, 0.1) is 26.1 Å². The summed E-state index contributed by atoms with van der Waals surface area (Å²) in [5.41, 5.74) is 0. The summed E-state index contributed by atoms with van der Waals surface area (Å²) in [6.45, 7) is 4.32. The van der Waals surface area contributed by atoms with Gasteiger partial charge in [0, 0.05) is 22.7 Å². The predicted molar refractivity (Wildman–Crippen MR) is 51.7 cm³/mol. The molecule has 3 unspecified atom stereocenters. The highest BCUT2D eigenvalue weighted by Crippen LogP contribution is 2.12. The van der Waals surface area contributed by atoms with Gasteiger partial charge in [0.15, 0.2) is 0 Å². The van der Waals surface area contributed by atoms with Crippen molar-refractivity contribution in [2.24, 2.45) is 5.92 Å². The van der Waals surface area contributed by atoms with Crippen LogP contribution in [0.5, 0.6) is 0 Å². The molecule has 0 radical (unpaired) electrons.